The van der Waals surface area contributed by atoms with Gasteiger partial charge in [-0.3, -0.25) is 15.0 Å². The van der Waals surface area contributed by atoms with Crippen molar-refractivity contribution in [1.82, 2.24) is 19.7 Å². The van der Waals surface area contributed by atoms with E-state index in [0.717, 1.165) is 18.4 Å². The zero-order chi connectivity index (χ0) is 21.0. The van der Waals surface area contributed by atoms with Crippen molar-refractivity contribution >= 4 is 17.9 Å². The standard InChI is InChI=1S/C21H29N5O3/c1-5-26-17(15-11-7-6-8-12-15)22-19(24-26)23-18(27)16-13-9-10-14-25(16)20(28)29-21(2,3)4/h6-8,11-12,16H,5,9-10,13-14H2,1-4H3,(H,23,24,27). The van der Waals surface area contributed by atoms with Gasteiger partial charge >= 0.3 is 6.09 Å². The Morgan fingerprint density at radius 3 is 2.59 bits per heavy atom. The van der Waals surface area contributed by atoms with Crippen molar-refractivity contribution in [3.63, 3.8) is 0 Å². The minimum Gasteiger partial charge on any atom is -0.444 e. The maximum atomic E-state index is 12.9. The molecule has 1 N–H and O–H groups in total. The van der Waals surface area contributed by atoms with Crippen LogP contribution in [0.1, 0.15) is 47.0 Å². The first-order valence-corrected chi connectivity index (χ1v) is 10.1. The molecule has 1 saturated heterocycles. The lowest BCUT2D eigenvalue weighted by atomic mass is 10.0. The zero-order valence-electron chi connectivity index (χ0n) is 17.5. The van der Waals surface area contributed by atoms with Gasteiger partial charge in [-0.15, -0.1) is 5.10 Å². The molecular formula is C21H29N5O3. The molecule has 1 aliphatic heterocycles. The van der Waals surface area contributed by atoms with Crippen molar-refractivity contribution in [3.8, 4) is 11.4 Å². The van der Waals surface area contributed by atoms with Gasteiger partial charge in [0, 0.05) is 18.7 Å². The van der Waals surface area contributed by atoms with Crippen molar-refractivity contribution in [2.75, 3.05) is 11.9 Å². The fourth-order valence-corrected chi connectivity index (χ4v) is 3.35. The summed E-state index contributed by atoms with van der Waals surface area (Å²) < 4.78 is 7.23. The molecule has 29 heavy (non-hydrogen) atoms. The minimum absolute atomic E-state index is 0.241. The van der Waals surface area contributed by atoms with Gasteiger partial charge < -0.3 is 4.74 Å². The van der Waals surface area contributed by atoms with Gasteiger partial charge in [0.15, 0.2) is 5.82 Å². The third-order valence-electron chi connectivity index (χ3n) is 4.67. The van der Waals surface area contributed by atoms with Crippen LogP contribution in [0.15, 0.2) is 30.3 Å². The molecule has 156 valence electrons. The molecule has 1 atom stereocenters. The highest BCUT2D eigenvalue weighted by molar-refractivity contribution is 5.95. The normalized spacial score (nSPS) is 17.1. The molecule has 0 radical (unpaired) electrons. The molecule has 1 fully saturated rings. The second kappa shape index (κ2) is 8.63. The molecular weight excluding hydrogens is 370 g/mol. The van der Waals surface area contributed by atoms with E-state index in [-0.39, 0.29) is 11.9 Å². The molecule has 1 aliphatic rings. The van der Waals surface area contributed by atoms with Gasteiger partial charge in [-0.2, -0.15) is 4.98 Å². The van der Waals surface area contributed by atoms with Gasteiger partial charge in [0.05, 0.1) is 0 Å². The first-order valence-electron chi connectivity index (χ1n) is 10.1. The van der Waals surface area contributed by atoms with Crippen molar-refractivity contribution < 1.29 is 14.3 Å². The first kappa shape index (κ1) is 20.8. The van der Waals surface area contributed by atoms with E-state index in [1.807, 2.05) is 58.0 Å². The van der Waals surface area contributed by atoms with Crippen LogP contribution in [-0.4, -0.2) is 49.9 Å². The average molecular weight is 399 g/mol. The van der Waals surface area contributed by atoms with Crippen LogP contribution in [0.5, 0.6) is 0 Å². The van der Waals surface area contributed by atoms with E-state index in [1.54, 1.807) is 4.68 Å². The van der Waals surface area contributed by atoms with Crippen LogP contribution in [0.2, 0.25) is 0 Å². The molecule has 8 heteroatoms. The number of nitrogens with zero attached hydrogens (tertiary/aromatic N) is 4. The van der Waals surface area contributed by atoms with E-state index in [1.165, 1.54) is 4.90 Å². The van der Waals surface area contributed by atoms with Crippen LogP contribution >= 0.6 is 0 Å². The van der Waals surface area contributed by atoms with Gasteiger partial charge in [-0.25, -0.2) is 9.48 Å². The molecule has 0 spiro atoms. The molecule has 1 aromatic heterocycles. The summed E-state index contributed by atoms with van der Waals surface area (Å²) in [6.45, 7) is 8.54. The lowest BCUT2D eigenvalue weighted by molar-refractivity contribution is -0.122. The third-order valence-corrected chi connectivity index (χ3v) is 4.67. The predicted octanol–water partition coefficient (Wildman–Crippen LogP) is 3.69. The van der Waals surface area contributed by atoms with Crippen LogP contribution in [0.4, 0.5) is 10.7 Å². The highest BCUT2D eigenvalue weighted by atomic mass is 16.6. The smallest absolute Gasteiger partial charge is 0.410 e. The van der Waals surface area contributed by atoms with E-state index in [0.29, 0.717) is 25.3 Å². The zero-order valence-corrected chi connectivity index (χ0v) is 17.5. The second-order valence-electron chi connectivity index (χ2n) is 8.12. The summed E-state index contributed by atoms with van der Waals surface area (Å²) >= 11 is 0. The van der Waals surface area contributed by atoms with E-state index in [4.69, 9.17) is 4.74 Å². The number of carbonyl (C=O) groups is 2. The van der Waals surface area contributed by atoms with Gasteiger partial charge in [0.2, 0.25) is 11.9 Å². The number of nitrogens with one attached hydrogen (secondary N) is 1. The number of carbonyl (C=O) groups excluding carboxylic acids is 2. The number of likely N-dealkylation sites (tertiary alicyclic amines) is 1. The topological polar surface area (TPSA) is 89.4 Å². The van der Waals surface area contributed by atoms with Crippen LogP contribution in [0.25, 0.3) is 11.4 Å². The molecule has 0 saturated carbocycles. The molecule has 2 amide bonds. The first-order chi connectivity index (χ1) is 13.8. The molecule has 1 unspecified atom stereocenters. The quantitative estimate of drug-likeness (QED) is 0.847. The number of rotatable bonds is 4. The fourth-order valence-electron chi connectivity index (χ4n) is 3.35. The van der Waals surface area contributed by atoms with E-state index >= 15 is 0 Å². The average Bonchev–Trinajstić information content (AvgIpc) is 3.10. The summed E-state index contributed by atoms with van der Waals surface area (Å²) in [7, 11) is 0. The number of ether oxygens (including phenoxy) is 1. The number of aromatic nitrogens is 3. The number of hydrogen-bond donors (Lipinski definition) is 1. The number of aryl methyl sites for hydroxylation is 1. The highest BCUT2D eigenvalue weighted by Gasteiger charge is 2.35. The molecule has 1 aromatic carbocycles. The van der Waals surface area contributed by atoms with Crippen LogP contribution in [0.3, 0.4) is 0 Å². The summed E-state index contributed by atoms with van der Waals surface area (Å²) in [6, 6.07) is 9.12. The molecule has 3 rings (SSSR count). The lowest BCUT2D eigenvalue weighted by Gasteiger charge is -2.35. The Bertz CT molecular complexity index is 857. The Balaban J connectivity index is 1.76. The predicted molar refractivity (Wildman–Crippen MR) is 110 cm³/mol. The summed E-state index contributed by atoms with van der Waals surface area (Å²) in [4.78, 5) is 31.5. The van der Waals surface area contributed by atoms with Crippen molar-refractivity contribution in [1.29, 1.82) is 0 Å². The molecule has 0 bridgehead atoms. The molecule has 2 aromatic rings. The number of hydrogen-bond acceptors (Lipinski definition) is 5. The van der Waals surface area contributed by atoms with Crippen LogP contribution < -0.4 is 5.32 Å². The number of amides is 2. The monoisotopic (exact) mass is 399 g/mol. The Morgan fingerprint density at radius 1 is 1.21 bits per heavy atom. The lowest BCUT2D eigenvalue weighted by Crippen LogP contribution is -2.51. The Morgan fingerprint density at radius 2 is 1.93 bits per heavy atom. The second-order valence-corrected chi connectivity index (χ2v) is 8.12. The van der Waals surface area contributed by atoms with Gasteiger partial charge in [-0.05, 0) is 47.0 Å². The molecule has 0 aliphatic carbocycles. The Labute approximate surface area is 171 Å². The number of benzene rings is 1. The molecule has 2 heterocycles. The van der Waals surface area contributed by atoms with Crippen molar-refractivity contribution in [2.24, 2.45) is 0 Å². The van der Waals surface area contributed by atoms with E-state index in [9.17, 15) is 9.59 Å². The summed E-state index contributed by atoms with van der Waals surface area (Å²) in [5.41, 5.74) is 0.317. The Kier molecular flexibility index (Phi) is 6.20. The highest BCUT2D eigenvalue weighted by Crippen LogP contribution is 2.23. The largest absolute Gasteiger partial charge is 0.444 e. The van der Waals surface area contributed by atoms with Gasteiger partial charge in [0.25, 0.3) is 0 Å². The van der Waals surface area contributed by atoms with Gasteiger partial charge in [0.1, 0.15) is 11.6 Å². The maximum absolute atomic E-state index is 12.9. The van der Waals surface area contributed by atoms with Crippen molar-refractivity contribution in [2.45, 2.75) is 65.1 Å². The fraction of sp³-hybridized carbons (Fsp3) is 0.524. The van der Waals surface area contributed by atoms with Crippen molar-refractivity contribution in [3.05, 3.63) is 30.3 Å². The van der Waals surface area contributed by atoms with Crippen LogP contribution in [-0.2, 0) is 16.1 Å². The summed E-state index contributed by atoms with van der Waals surface area (Å²) in [6.07, 6.45) is 1.85. The Hall–Kier alpha value is -2.90. The molecule has 8 nitrogen and oxygen atoms in total. The minimum atomic E-state index is -0.610. The van der Waals surface area contributed by atoms with Crippen LogP contribution in [0, 0.1) is 0 Å². The summed E-state index contributed by atoms with van der Waals surface area (Å²) in [5.74, 6) is 0.643. The van der Waals surface area contributed by atoms with Gasteiger partial charge in [-0.1, -0.05) is 30.3 Å². The number of piperidine rings is 1. The SMILES string of the molecule is CCn1nc(NC(=O)C2CCCCN2C(=O)OC(C)(C)C)nc1-c1ccccc1. The van der Waals surface area contributed by atoms with E-state index < -0.39 is 17.7 Å². The maximum Gasteiger partial charge on any atom is 0.410 e. The third kappa shape index (κ3) is 5.13. The van der Waals surface area contributed by atoms with E-state index in [2.05, 4.69) is 15.4 Å². The number of anilines is 1. The summed E-state index contributed by atoms with van der Waals surface area (Å²) in [5, 5.41) is 7.20.